The fraction of sp³-hybridized carbons (Fsp3) is 0.176. The number of benzene rings is 2. The summed E-state index contributed by atoms with van der Waals surface area (Å²) in [4.78, 5) is 22.9. The highest BCUT2D eigenvalue weighted by Gasteiger charge is 2.30. The van der Waals surface area contributed by atoms with E-state index in [1.807, 2.05) is 0 Å². The van der Waals surface area contributed by atoms with Crippen LogP contribution < -0.4 is 14.8 Å². The fourth-order valence-corrected chi connectivity index (χ4v) is 1.75. The summed E-state index contributed by atoms with van der Waals surface area (Å²) < 4.78 is 52.2. The Morgan fingerprint density at radius 1 is 0.962 bits per heavy atom. The van der Waals surface area contributed by atoms with E-state index in [1.54, 1.807) is 30.3 Å². The van der Waals surface area contributed by atoms with Crippen molar-refractivity contribution >= 4 is 12.1 Å². The zero-order chi connectivity index (χ0) is 19.0. The van der Waals surface area contributed by atoms with E-state index in [0.717, 1.165) is 18.2 Å². The lowest BCUT2D eigenvalue weighted by atomic mass is 10.2. The van der Waals surface area contributed by atoms with Gasteiger partial charge in [0.15, 0.2) is 13.3 Å². The summed E-state index contributed by atoms with van der Waals surface area (Å²) >= 11 is 0. The van der Waals surface area contributed by atoms with Gasteiger partial charge in [-0.15, -0.1) is 0 Å². The summed E-state index contributed by atoms with van der Waals surface area (Å²) in [7, 11) is 0. The molecule has 0 spiro atoms. The van der Waals surface area contributed by atoms with Gasteiger partial charge in [-0.2, -0.15) is 13.2 Å². The van der Waals surface area contributed by atoms with Crippen LogP contribution >= 0.6 is 0 Å². The van der Waals surface area contributed by atoms with Crippen LogP contribution in [0.25, 0.3) is 0 Å². The second-order valence-corrected chi connectivity index (χ2v) is 4.85. The number of carbonyl (C=O) groups excluding carboxylic acids is 2. The summed E-state index contributed by atoms with van der Waals surface area (Å²) in [6, 6.07) is 12.3. The zero-order valence-corrected chi connectivity index (χ0v) is 13.3. The Morgan fingerprint density at radius 3 is 2.35 bits per heavy atom. The minimum atomic E-state index is -4.51. The largest absolute Gasteiger partial charge is 0.482 e. The van der Waals surface area contributed by atoms with Crippen molar-refractivity contribution in [2.24, 2.45) is 0 Å². The number of rotatable bonds is 6. The molecule has 0 heterocycles. The second kappa shape index (κ2) is 8.75. The predicted octanol–water partition coefficient (Wildman–Crippen LogP) is 3.37. The topological polar surface area (TPSA) is 73.9 Å². The maximum atomic E-state index is 12.6. The van der Waals surface area contributed by atoms with E-state index < -0.39 is 37.1 Å². The van der Waals surface area contributed by atoms with Gasteiger partial charge in [0.1, 0.15) is 11.5 Å². The molecule has 6 nitrogen and oxygen atoms in total. The number of halogens is 3. The zero-order valence-electron chi connectivity index (χ0n) is 13.3. The Morgan fingerprint density at radius 2 is 1.65 bits per heavy atom. The van der Waals surface area contributed by atoms with Gasteiger partial charge in [0.2, 0.25) is 0 Å². The number of carbonyl (C=O) groups is 2. The molecule has 0 saturated heterocycles. The highest BCUT2D eigenvalue weighted by atomic mass is 19.4. The van der Waals surface area contributed by atoms with Crippen molar-refractivity contribution in [2.45, 2.75) is 6.18 Å². The van der Waals surface area contributed by atoms with Crippen LogP contribution in [0.2, 0.25) is 0 Å². The highest BCUT2D eigenvalue weighted by molar-refractivity contribution is 5.72. The molecule has 138 valence electrons. The first-order valence-electron chi connectivity index (χ1n) is 7.31. The number of ether oxygens (including phenoxy) is 3. The normalized spacial score (nSPS) is 10.7. The number of hydrogen-bond donors (Lipinski definition) is 1. The van der Waals surface area contributed by atoms with Gasteiger partial charge >= 0.3 is 18.2 Å². The molecular weight excluding hydrogens is 355 g/mol. The first-order chi connectivity index (χ1) is 12.3. The van der Waals surface area contributed by atoms with Crippen LogP contribution in [-0.2, 0) is 15.7 Å². The standard InChI is InChI=1S/C17H14F3NO5/c18-17(19,20)12-5-4-8-14(9-12)24-10-15(22)25-11-21-16(23)26-13-6-2-1-3-7-13/h1-9H,10-11H2,(H,21,23). The van der Waals surface area contributed by atoms with Gasteiger partial charge in [0.05, 0.1) is 5.56 Å². The van der Waals surface area contributed by atoms with Crippen LogP contribution in [0.4, 0.5) is 18.0 Å². The van der Waals surface area contributed by atoms with Crippen LogP contribution in [0.1, 0.15) is 5.56 Å². The second-order valence-electron chi connectivity index (χ2n) is 4.85. The van der Waals surface area contributed by atoms with Gasteiger partial charge in [-0.25, -0.2) is 9.59 Å². The minimum Gasteiger partial charge on any atom is -0.482 e. The van der Waals surface area contributed by atoms with Gasteiger partial charge in [0, 0.05) is 0 Å². The van der Waals surface area contributed by atoms with E-state index in [0.29, 0.717) is 5.75 Å². The Bertz CT molecular complexity index is 750. The van der Waals surface area contributed by atoms with E-state index in [-0.39, 0.29) is 5.75 Å². The summed E-state index contributed by atoms with van der Waals surface area (Å²) in [5.74, 6) is -0.695. The van der Waals surface area contributed by atoms with Gasteiger partial charge in [0.25, 0.3) is 0 Å². The Kier molecular flexibility index (Phi) is 6.42. The van der Waals surface area contributed by atoms with Crippen LogP contribution in [-0.4, -0.2) is 25.4 Å². The van der Waals surface area contributed by atoms with Crippen LogP contribution in [0.5, 0.6) is 11.5 Å². The molecule has 0 aromatic heterocycles. The molecule has 0 atom stereocenters. The summed E-state index contributed by atoms with van der Waals surface area (Å²) in [6.45, 7) is -1.09. The van der Waals surface area contributed by atoms with Crippen molar-refractivity contribution in [3.8, 4) is 11.5 Å². The first kappa shape index (κ1) is 19.1. The molecule has 2 aromatic carbocycles. The number of alkyl halides is 3. The first-order valence-corrected chi connectivity index (χ1v) is 7.31. The summed E-state index contributed by atoms with van der Waals surface area (Å²) in [5, 5.41) is 2.18. The average molecular weight is 369 g/mol. The molecule has 9 heteroatoms. The molecule has 0 aliphatic carbocycles. The quantitative estimate of drug-likeness (QED) is 0.624. The molecule has 0 unspecified atom stereocenters. The average Bonchev–Trinajstić information content (AvgIpc) is 2.60. The lowest BCUT2D eigenvalue weighted by Crippen LogP contribution is -2.31. The molecule has 1 N–H and O–H groups in total. The third kappa shape index (κ3) is 6.34. The molecule has 0 aliphatic heterocycles. The maximum absolute atomic E-state index is 12.6. The predicted molar refractivity (Wildman–Crippen MR) is 83.5 cm³/mol. The van der Waals surface area contributed by atoms with Crippen LogP contribution in [0.15, 0.2) is 54.6 Å². The molecule has 0 saturated carbocycles. The number of hydrogen-bond acceptors (Lipinski definition) is 5. The van der Waals surface area contributed by atoms with E-state index in [9.17, 15) is 22.8 Å². The van der Waals surface area contributed by atoms with Crippen molar-refractivity contribution in [3.05, 3.63) is 60.2 Å². The van der Waals surface area contributed by atoms with E-state index >= 15 is 0 Å². The molecule has 0 bridgehead atoms. The molecule has 0 radical (unpaired) electrons. The molecule has 2 aromatic rings. The minimum absolute atomic E-state index is 0.131. The van der Waals surface area contributed by atoms with Gasteiger partial charge in [-0.05, 0) is 30.3 Å². The van der Waals surface area contributed by atoms with Crippen molar-refractivity contribution < 1.29 is 37.0 Å². The molecule has 2 rings (SSSR count). The van der Waals surface area contributed by atoms with Crippen LogP contribution in [0, 0.1) is 0 Å². The molecule has 0 fully saturated rings. The number of nitrogens with one attached hydrogen (secondary N) is 1. The molecular formula is C17H14F3NO5. The highest BCUT2D eigenvalue weighted by Crippen LogP contribution is 2.31. The van der Waals surface area contributed by atoms with E-state index in [2.05, 4.69) is 10.1 Å². The number of amides is 1. The van der Waals surface area contributed by atoms with Crippen molar-refractivity contribution in [1.82, 2.24) is 5.32 Å². The van der Waals surface area contributed by atoms with E-state index in [1.165, 1.54) is 6.07 Å². The lowest BCUT2D eigenvalue weighted by molar-refractivity contribution is -0.146. The Balaban J connectivity index is 1.70. The van der Waals surface area contributed by atoms with Gasteiger partial charge < -0.3 is 14.2 Å². The van der Waals surface area contributed by atoms with E-state index in [4.69, 9.17) is 9.47 Å². The molecule has 0 aliphatic rings. The van der Waals surface area contributed by atoms with Gasteiger partial charge in [-0.3, -0.25) is 5.32 Å². The summed E-state index contributed by atoms with van der Waals surface area (Å²) in [6.07, 6.45) is -5.34. The van der Waals surface area contributed by atoms with Crippen molar-refractivity contribution in [3.63, 3.8) is 0 Å². The molecule has 1 amide bonds. The summed E-state index contributed by atoms with van der Waals surface area (Å²) in [5.41, 5.74) is -0.895. The Labute approximate surface area is 146 Å². The fourth-order valence-electron chi connectivity index (χ4n) is 1.75. The third-order valence-electron chi connectivity index (χ3n) is 2.92. The van der Waals surface area contributed by atoms with Gasteiger partial charge in [-0.1, -0.05) is 24.3 Å². The Hall–Kier alpha value is -3.23. The molecule has 26 heavy (non-hydrogen) atoms. The van der Waals surface area contributed by atoms with Crippen LogP contribution in [0.3, 0.4) is 0 Å². The smallest absolute Gasteiger partial charge is 0.416 e. The van der Waals surface area contributed by atoms with Crippen molar-refractivity contribution in [1.29, 1.82) is 0 Å². The maximum Gasteiger partial charge on any atom is 0.416 e. The number of esters is 1. The number of para-hydroxylation sites is 1. The SMILES string of the molecule is O=C(COc1cccc(C(F)(F)F)c1)OCNC(=O)Oc1ccccc1. The third-order valence-corrected chi connectivity index (χ3v) is 2.92. The monoisotopic (exact) mass is 369 g/mol. The van der Waals surface area contributed by atoms with Crippen molar-refractivity contribution in [2.75, 3.05) is 13.3 Å². The lowest BCUT2D eigenvalue weighted by Gasteiger charge is -2.10.